The Kier molecular flexibility index (Phi) is 4.24. The van der Waals surface area contributed by atoms with E-state index >= 15 is 0 Å². The van der Waals surface area contributed by atoms with Gasteiger partial charge in [0.1, 0.15) is 0 Å². The maximum absolute atomic E-state index is 6.21. The van der Waals surface area contributed by atoms with Gasteiger partial charge in [0.2, 0.25) is 0 Å². The third-order valence-corrected chi connectivity index (χ3v) is 4.21. The molecule has 0 aliphatic rings. The molecule has 17 heavy (non-hydrogen) atoms. The molecule has 0 fully saturated rings. The van der Waals surface area contributed by atoms with Crippen LogP contribution in [0.3, 0.4) is 0 Å². The summed E-state index contributed by atoms with van der Waals surface area (Å²) in [7, 11) is 0. The SMILES string of the molecule is Cc1ccc(I)cc1-c1cc(Cl)c(Cl)cc1Cl. The van der Waals surface area contributed by atoms with Crippen molar-refractivity contribution in [1.82, 2.24) is 0 Å². The van der Waals surface area contributed by atoms with Crippen LogP contribution in [0.4, 0.5) is 0 Å². The lowest BCUT2D eigenvalue weighted by atomic mass is 10.0. The Morgan fingerprint density at radius 3 is 2.18 bits per heavy atom. The summed E-state index contributed by atoms with van der Waals surface area (Å²) in [5.41, 5.74) is 3.16. The Balaban J connectivity index is 2.68. The van der Waals surface area contributed by atoms with E-state index < -0.39 is 0 Å². The first-order chi connectivity index (χ1) is 7.99. The molecule has 0 atom stereocenters. The van der Waals surface area contributed by atoms with Crippen LogP contribution >= 0.6 is 57.4 Å². The standard InChI is InChI=1S/C13H8Cl3I/c1-7-2-3-8(17)4-9(7)10-5-12(15)13(16)6-11(10)14/h2-6H,1H3. The van der Waals surface area contributed by atoms with Gasteiger partial charge >= 0.3 is 0 Å². The number of benzene rings is 2. The van der Waals surface area contributed by atoms with Gasteiger partial charge < -0.3 is 0 Å². The van der Waals surface area contributed by atoms with E-state index in [9.17, 15) is 0 Å². The van der Waals surface area contributed by atoms with Gasteiger partial charge in [-0.05, 0) is 64.9 Å². The second-order valence-electron chi connectivity index (χ2n) is 3.71. The lowest BCUT2D eigenvalue weighted by Gasteiger charge is -2.10. The molecule has 0 nitrogen and oxygen atoms in total. The molecule has 0 saturated carbocycles. The van der Waals surface area contributed by atoms with Gasteiger partial charge in [0, 0.05) is 14.2 Å². The van der Waals surface area contributed by atoms with Crippen molar-refractivity contribution in [2.45, 2.75) is 6.92 Å². The topological polar surface area (TPSA) is 0 Å². The molecule has 0 spiro atoms. The maximum Gasteiger partial charge on any atom is 0.0607 e. The second-order valence-corrected chi connectivity index (χ2v) is 6.17. The lowest BCUT2D eigenvalue weighted by molar-refractivity contribution is 1.44. The maximum atomic E-state index is 6.21. The molecule has 2 aromatic rings. The second kappa shape index (κ2) is 5.35. The molecule has 0 bridgehead atoms. The van der Waals surface area contributed by atoms with Crippen LogP contribution in [0.1, 0.15) is 5.56 Å². The van der Waals surface area contributed by atoms with Crippen molar-refractivity contribution in [3.05, 3.63) is 54.5 Å². The zero-order chi connectivity index (χ0) is 12.6. The van der Waals surface area contributed by atoms with E-state index in [-0.39, 0.29) is 0 Å². The summed E-state index contributed by atoms with van der Waals surface area (Å²) in [4.78, 5) is 0. The highest BCUT2D eigenvalue weighted by molar-refractivity contribution is 14.1. The molecule has 0 aliphatic heterocycles. The number of hydrogen-bond acceptors (Lipinski definition) is 0. The molecule has 0 unspecified atom stereocenters. The van der Waals surface area contributed by atoms with E-state index in [2.05, 4.69) is 40.8 Å². The minimum Gasteiger partial charge on any atom is -0.0836 e. The minimum absolute atomic E-state index is 0.476. The zero-order valence-electron chi connectivity index (χ0n) is 8.90. The Hall–Kier alpha value is 0.0400. The largest absolute Gasteiger partial charge is 0.0836 e. The van der Waals surface area contributed by atoms with Crippen LogP contribution in [0.25, 0.3) is 11.1 Å². The molecule has 0 heterocycles. The predicted octanol–water partition coefficient (Wildman–Crippen LogP) is 6.23. The molecule has 88 valence electrons. The Labute approximate surface area is 129 Å². The van der Waals surface area contributed by atoms with Crippen LogP contribution in [0, 0.1) is 10.5 Å². The van der Waals surface area contributed by atoms with Crippen LogP contribution in [0.5, 0.6) is 0 Å². The molecule has 0 aliphatic carbocycles. The van der Waals surface area contributed by atoms with Crippen molar-refractivity contribution in [3.8, 4) is 11.1 Å². The molecular formula is C13H8Cl3I. The average Bonchev–Trinajstić information content (AvgIpc) is 2.27. The van der Waals surface area contributed by atoms with Crippen LogP contribution in [-0.2, 0) is 0 Å². The monoisotopic (exact) mass is 396 g/mol. The van der Waals surface area contributed by atoms with Crippen molar-refractivity contribution in [3.63, 3.8) is 0 Å². The summed E-state index contributed by atoms with van der Waals surface area (Å²) in [6, 6.07) is 9.70. The normalized spacial score (nSPS) is 10.6. The van der Waals surface area contributed by atoms with Crippen LogP contribution in [0.15, 0.2) is 30.3 Å². The molecule has 2 rings (SSSR count). The summed E-state index contributed by atoms with van der Waals surface area (Å²) >= 11 is 20.5. The predicted molar refractivity (Wildman–Crippen MR) is 84.4 cm³/mol. The van der Waals surface area contributed by atoms with Gasteiger partial charge in [0.25, 0.3) is 0 Å². The summed E-state index contributed by atoms with van der Waals surface area (Å²) in [6.45, 7) is 2.05. The van der Waals surface area contributed by atoms with Gasteiger partial charge in [-0.1, -0.05) is 40.9 Å². The van der Waals surface area contributed by atoms with E-state index in [1.165, 1.54) is 0 Å². The average molecular weight is 397 g/mol. The van der Waals surface area contributed by atoms with E-state index in [1.807, 2.05) is 13.0 Å². The fraction of sp³-hybridized carbons (Fsp3) is 0.0769. The molecule has 0 saturated heterocycles. The van der Waals surface area contributed by atoms with E-state index in [0.29, 0.717) is 15.1 Å². The summed E-state index contributed by atoms with van der Waals surface area (Å²) in [6.07, 6.45) is 0. The van der Waals surface area contributed by atoms with Gasteiger partial charge in [-0.25, -0.2) is 0 Å². The molecule has 0 aromatic heterocycles. The van der Waals surface area contributed by atoms with Crippen molar-refractivity contribution < 1.29 is 0 Å². The first-order valence-corrected chi connectivity index (χ1v) is 7.11. The van der Waals surface area contributed by atoms with Gasteiger partial charge in [-0.15, -0.1) is 0 Å². The van der Waals surface area contributed by atoms with Crippen LogP contribution in [0.2, 0.25) is 15.1 Å². The Morgan fingerprint density at radius 2 is 1.47 bits per heavy atom. The minimum atomic E-state index is 0.476. The summed E-state index contributed by atoms with van der Waals surface area (Å²) < 4.78 is 1.16. The van der Waals surface area contributed by atoms with Crippen molar-refractivity contribution in [1.29, 1.82) is 0 Å². The quantitative estimate of drug-likeness (QED) is 0.395. The zero-order valence-corrected chi connectivity index (χ0v) is 13.3. The Bertz CT molecular complexity index is 579. The van der Waals surface area contributed by atoms with Crippen molar-refractivity contribution >= 4 is 57.4 Å². The Morgan fingerprint density at radius 1 is 0.824 bits per heavy atom. The van der Waals surface area contributed by atoms with E-state index in [0.717, 1.165) is 20.3 Å². The third kappa shape index (κ3) is 2.90. The van der Waals surface area contributed by atoms with E-state index in [4.69, 9.17) is 34.8 Å². The highest BCUT2D eigenvalue weighted by Crippen LogP contribution is 2.37. The van der Waals surface area contributed by atoms with E-state index in [1.54, 1.807) is 6.07 Å². The third-order valence-electron chi connectivity index (χ3n) is 2.50. The molecule has 2 aromatic carbocycles. The number of aryl methyl sites for hydroxylation is 1. The first kappa shape index (κ1) is 13.5. The molecule has 0 N–H and O–H groups in total. The molecule has 0 amide bonds. The fourth-order valence-electron chi connectivity index (χ4n) is 1.61. The molecule has 4 heteroatoms. The molecule has 0 radical (unpaired) electrons. The number of halogens is 4. The van der Waals surface area contributed by atoms with Gasteiger partial charge in [0.15, 0.2) is 0 Å². The van der Waals surface area contributed by atoms with Crippen LogP contribution < -0.4 is 0 Å². The van der Waals surface area contributed by atoms with Gasteiger partial charge in [-0.2, -0.15) is 0 Å². The number of hydrogen-bond donors (Lipinski definition) is 0. The van der Waals surface area contributed by atoms with Crippen molar-refractivity contribution in [2.75, 3.05) is 0 Å². The summed E-state index contributed by atoms with van der Waals surface area (Å²) in [5.74, 6) is 0. The van der Waals surface area contributed by atoms with Gasteiger partial charge in [-0.3, -0.25) is 0 Å². The fourth-order valence-corrected chi connectivity index (χ4v) is 2.75. The highest BCUT2D eigenvalue weighted by Gasteiger charge is 2.10. The summed E-state index contributed by atoms with van der Waals surface area (Å²) in [5, 5.41) is 1.61. The number of rotatable bonds is 1. The smallest absolute Gasteiger partial charge is 0.0607 e. The van der Waals surface area contributed by atoms with Gasteiger partial charge in [0.05, 0.1) is 10.0 Å². The molecular weight excluding hydrogens is 389 g/mol. The first-order valence-electron chi connectivity index (χ1n) is 4.90. The lowest BCUT2D eigenvalue weighted by Crippen LogP contribution is -1.86. The van der Waals surface area contributed by atoms with Crippen molar-refractivity contribution in [2.24, 2.45) is 0 Å². The van der Waals surface area contributed by atoms with Crippen LogP contribution in [-0.4, -0.2) is 0 Å². The highest BCUT2D eigenvalue weighted by atomic mass is 127.